The van der Waals surface area contributed by atoms with Gasteiger partial charge in [0.2, 0.25) is 5.95 Å². The van der Waals surface area contributed by atoms with E-state index >= 15 is 0 Å². The molecule has 0 aliphatic carbocycles. The fraction of sp³-hybridized carbons (Fsp3) is 0. The highest BCUT2D eigenvalue weighted by atomic mass is 32.1. The van der Waals surface area contributed by atoms with Crippen molar-refractivity contribution >= 4 is 118 Å². The van der Waals surface area contributed by atoms with Gasteiger partial charge in [0.25, 0.3) is 0 Å². The molecule has 4 nitrogen and oxygen atoms in total. The summed E-state index contributed by atoms with van der Waals surface area (Å²) >= 11 is 3.61. The summed E-state index contributed by atoms with van der Waals surface area (Å²) in [5.41, 5.74) is 12.2. The van der Waals surface area contributed by atoms with E-state index in [1.54, 1.807) is 11.3 Å². The highest BCUT2D eigenvalue weighted by Crippen LogP contribution is 2.45. The van der Waals surface area contributed by atoms with Crippen molar-refractivity contribution in [3.63, 3.8) is 0 Å². The minimum absolute atomic E-state index is 0.658. The molecule has 6 heteroatoms. The first-order chi connectivity index (χ1) is 33.7. The Bertz CT molecular complexity index is 4560. The van der Waals surface area contributed by atoms with E-state index in [9.17, 15) is 0 Å². The van der Waals surface area contributed by atoms with Crippen LogP contribution in [0, 0.1) is 0 Å². The van der Waals surface area contributed by atoms with Crippen molar-refractivity contribution in [1.82, 2.24) is 19.1 Å². The SMILES string of the molecule is c1ccc(-c2cc3nc(-n4c5ccc(-c6ccc7c(c6)c6c8ccccc8ccc6n7-c6ccccc6)cc5c5c6ccccc6ccc54)nc(-c4ccc5sc6ccccc6c5c4)c3s2)cc1. The molecule has 0 radical (unpaired) electrons. The van der Waals surface area contributed by atoms with Crippen LogP contribution in [0.15, 0.2) is 218 Å². The largest absolute Gasteiger partial charge is 0.309 e. The van der Waals surface area contributed by atoms with Crippen LogP contribution in [0.4, 0.5) is 0 Å². The van der Waals surface area contributed by atoms with Gasteiger partial charge < -0.3 is 4.57 Å². The van der Waals surface area contributed by atoms with Crippen molar-refractivity contribution in [2.24, 2.45) is 0 Å². The summed E-state index contributed by atoms with van der Waals surface area (Å²) < 4.78 is 8.35. The maximum atomic E-state index is 5.63. The Morgan fingerprint density at radius 1 is 0.338 bits per heavy atom. The molecule has 0 bridgehead atoms. The minimum atomic E-state index is 0.658. The third-order valence-corrected chi connectivity index (χ3v) is 16.3. The van der Waals surface area contributed by atoms with Gasteiger partial charge in [-0.15, -0.1) is 22.7 Å². The molecule has 0 aliphatic rings. The highest BCUT2D eigenvalue weighted by molar-refractivity contribution is 7.25. The van der Waals surface area contributed by atoms with Crippen molar-refractivity contribution in [2.75, 3.05) is 0 Å². The van der Waals surface area contributed by atoms with Crippen LogP contribution < -0.4 is 0 Å². The number of para-hydroxylation sites is 1. The topological polar surface area (TPSA) is 35.6 Å². The zero-order chi connectivity index (χ0) is 44.5. The number of nitrogens with zero attached hydrogens (tertiary/aromatic N) is 4. The fourth-order valence-corrected chi connectivity index (χ4v) is 13.0. The van der Waals surface area contributed by atoms with E-state index in [-0.39, 0.29) is 0 Å². The van der Waals surface area contributed by atoms with Crippen LogP contribution >= 0.6 is 22.7 Å². The quantitative estimate of drug-likeness (QED) is 0.173. The van der Waals surface area contributed by atoms with Gasteiger partial charge in [0.15, 0.2) is 0 Å². The molecule has 316 valence electrons. The third-order valence-electron chi connectivity index (χ3n) is 13.9. The highest BCUT2D eigenvalue weighted by Gasteiger charge is 2.23. The molecule has 15 rings (SSSR count). The van der Waals surface area contributed by atoms with Gasteiger partial charge in [-0.1, -0.05) is 146 Å². The Morgan fingerprint density at radius 2 is 0.882 bits per heavy atom. The molecular formula is C62H36N4S2. The number of hydrogen-bond donors (Lipinski definition) is 0. The molecule has 0 atom stereocenters. The van der Waals surface area contributed by atoms with Crippen LogP contribution in [0.1, 0.15) is 0 Å². The van der Waals surface area contributed by atoms with Crippen LogP contribution in [0.25, 0.3) is 140 Å². The second-order valence-electron chi connectivity index (χ2n) is 17.7. The van der Waals surface area contributed by atoms with Crippen LogP contribution in [-0.4, -0.2) is 19.1 Å². The van der Waals surface area contributed by atoms with Crippen molar-refractivity contribution in [3.05, 3.63) is 218 Å². The molecule has 0 N–H and O–H groups in total. The van der Waals surface area contributed by atoms with Crippen LogP contribution in [0.5, 0.6) is 0 Å². The van der Waals surface area contributed by atoms with Crippen LogP contribution in [-0.2, 0) is 0 Å². The number of thiophene rings is 2. The Labute approximate surface area is 397 Å². The maximum absolute atomic E-state index is 5.63. The van der Waals surface area contributed by atoms with Crippen LogP contribution in [0.3, 0.4) is 0 Å². The van der Waals surface area contributed by atoms with Crippen molar-refractivity contribution < 1.29 is 0 Å². The molecule has 10 aromatic carbocycles. The third kappa shape index (κ3) is 5.59. The molecular weight excluding hydrogens is 865 g/mol. The first-order valence-corrected chi connectivity index (χ1v) is 24.6. The van der Waals surface area contributed by atoms with Gasteiger partial charge in [0, 0.05) is 57.8 Å². The van der Waals surface area contributed by atoms with Gasteiger partial charge in [-0.2, -0.15) is 0 Å². The lowest BCUT2D eigenvalue weighted by Gasteiger charge is -2.11. The summed E-state index contributed by atoms with van der Waals surface area (Å²) in [6.07, 6.45) is 0. The molecule has 5 heterocycles. The average molecular weight is 901 g/mol. The molecule has 0 amide bonds. The van der Waals surface area contributed by atoms with E-state index in [0.717, 1.165) is 43.8 Å². The van der Waals surface area contributed by atoms with Crippen molar-refractivity contribution in [3.8, 4) is 44.5 Å². The van der Waals surface area contributed by atoms with E-state index in [2.05, 4.69) is 228 Å². The van der Waals surface area contributed by atoms with E-state index in [1.807, 2.05) is 11.3 Å². The van der Waals surface area contributed by atoms with Crippen LogP contribution in [0.2, 0.25) is 0 Å². The molecule has 0 aliphatic heterocycles. The number of hydrogen-bond acceptors (Lipinski definition) is 4. The lowest BCUT2D eigenvalue weighted by Crippen LogP contribution is -2.02. The first-order valence-electron chi connectivity index (χ1n) is 23.0. The molecule has 68 heavy (non-hydrogen) atoms. The van der Waals surface area contributed by atoms with Gasteiger partial charge in [-0.25, -0.2) is 9.97 Å². The Kier molecular flexibility index (Phi) is 8.07. The van der Waals surface area contributed by atoms with Gasteiger partial charge in [-0.05, 0) is 111 Å². The summed E-state index contributed by atoms with van der Waals surface area (Å²) in [5.74, 6) is 0.658. The maximum Gasteiger partial charge on any atom is 0.235 e. The lowest BCUT2D eigenvalue weighted by atomic mass is 9.98. The summed E-state index contributed by atoms with van der Waals surface area (Å²) in [7, 11) is 0. The fourth-order valence-electron chi connectivity index (χ4n) is 10.8. The monoisotopic (exact) mass is 900 g/mol. The molecule has 5 aromatic heterocycles. The molecule has 0 spiro atoms. The van der Waals surface area contributed by atoms with E-state index < -0.39 is 0 Å². The predicted molar refractivity (Wildman–Crippen MR) is 290 cm³/mol. The summed E-state index contributed by atoms with van der Waals surface area (Å²) in [6, 6.07) is 79.6. The number of fused-ring (bicyclic) bond motifs is 14. The summed E-state index contributed by atoms with van der Waals surface area (Å²) in [5, 5.41) is 12.3. The van der Waals surface area contributed by atoms with E-state index in [0.29, 0.717) is 5.95 Å². The smallest absolute Gasteiger partial charge is 0.235 e. The molecule has 15 aromatic rings. The Hall–Kier alpha value is -8.42. The molecule has 0 saturated carbocycles. The zero-order valence-electron chi connectivity index (χ0n) is 36.4. The first kappa shape index (κ1) is 37.8. The second-order valence-corrected chi connectivity index (χ2v) is 19.8. The lowest BCUT2D eigenvalue weighted by molar-refractivity contribution is 1.02. The Balaban J connectivity index is 0.981. The number of benzene rings is 10. The summed E-state index contributed by atoms with van der Waals surface area (Å²) in [4.78, 5) is 12.3. The standard InChI is InChI=1S/C62H36N4S2/c1-3-15-39(16-4-1)57-36-50-61(68-57)60(42-27-32-56-47(35-42)46-21-11-12-22-55(46)67-56)64-62(63-50)66-52-29-26-41(34-49(52)59-45-20-10-8-14-38(45)24-31-54(59)66)40-25-28-51-48(33-40)58-44-19-9-7-13-37(44)23-30-53(58)65(51)43-17-5-2-6-18-43/h1-36H. The van der Waals surface area contributed by atoms with Crippen molar-refractivity contribution in [1.29, 1.82) is 0 Å². The molecule has 0 unspecified atom stereocenters. The summed E-state index contributed by atoms with van der Waals surface area (Å²) in [6.45, 7) is 0. The number of rotatable bonds is 5. The second kappa shape index (κ2) is 14.5. The normalized spacial score (nSPS) is 12.1. The van der Waals surface area contributed by atoms with Gasteiger partial charge in [-0.3, -0.25) is 4.57 Å². The van der Waals surface area contributed by atoms with E-state index in [4.69, 9.17) is 9.97 Å². The van der Waals surface area contributed by atoms with E-state index in [1.165, 1.54) is 90.3 Å². The predicted octanol–water partition coefficient (Wildman–Crippen LogP) is 17.6. The number of aromatic nitrogens is 4. The van der Waals surface area contributed by atoms with Gasteiger partial charge in [0.1, 0.15) is 0 Å². The zero-order valence-corrected chi connectivity index (χ0v) is 38.0. The van der Waals surface area contributed by atoms with Crippen molar-refractivity contribution in [2.45, 2.75) is 0 Å². The molecule has 0 fully saturated rings. The average Bonchev–Trinajstić information content (AvgIpc) is 4.18. The minimum Gasteiger partial charge on any atom is -0.309 e. The van der Waals surface area contributed by atoms with Gasteiger partial charge >= 0.3 is 0 Å². The van der Waals surface area contributed by atoms with Gasteiger partial charge in [0.05, 0.1) is 38.0 Å². The Morgan fingerprint density at radius 3 is 1.59 bits per heavy atom. The molecule has 0 saturated heterocycles.